The Balaban J connectivity index is 1.48. The van der Waals surface area contributed by atoms with Gasteiger partial charge in [0.05, 0.1) is 16.7 Å². The summed E-state index contributed by atoms with van der Waals surface area (Å²) in [5.74, 6) is 0.0194. The third kappa shape index (κ3) is 4.70. The van der Waals surface area contributed by atoms with Gasteiger partial charge < -0.3 is 5.32 Å². The number of amides is 1. The molecule has 2 aromatic heterocycles. The first kappa shape index (κ1) is 20.9. The summed E-state index contributed by atoms with van der Waals surface area (Å²) in [4.78, 5) is 12.6. The van der Waals surface area contributed by atoms with Crippen LogP contribution in [0.2, 0.25) is 15.1 Å². The number of benzene rings is 2. The normalized spacial score (nSPS) is 10.9. The predicted octanol–water partition coefficient (Wildman–Crippen LogP) is 6.30. The minimum absolute atomic E-state index is 0.308. The SMILES string of the molecule is O=C(Nc1nn(Cc2ccc(Cl)cc2Cl)cc1Br)c1cc(-c2ccc(Cl)cc2)n[nH]1. The number of nitrogens with one attached hydrogen (secondary N) is 2. The number of nitrogens with zero attached hydrogens (tertiary/aromatic N) is 3. The molecule has 2 heterocycles. The topological polar surface area (TPSA) is 75.6 Å². The molecular weight excluding hydrogens is 513 g/mol. The van der Waals surface area contributed by atoms with Crippen LogP contribution in [0.5, 0.6) is 0 Å². The maximum Gasteiger partial charge on any atom is 0.274 e. The summed E-state index contributed by atoms with van der Waals surface area (Å²) in [6.07, 6.45) is 1.76. The first-order valence-corrected chi connectivity index (χ1v) is 10.6. The molecule has 152 valence electrons. The van der Waals surface area contributed by atoms with Gasteiger partial charge in [0.2, 0.25) is 0 Å². The van der Waals surface area contributed by atoms with Crippen molar-refractivity contribution in [2.45, 2.75) is 6.54 Å². The lowest BCUT2D eigenvalue weighted by Crippen LogP contribution is -2.13. The van der Waals surface area contributed by atoms with Gasteiger partial charge >= 0.3 is 0 Å². The van der Waals surface area contributed by atoms with E-state index in [0.717, 1.165) is 11.1 Å². The van der Waals surface area contributed by atoms with E-state index in [2.05, 4.69) is 36.5 Å². The van der Waals surface area contributed by atoms with E-state index < -0.39 is 0 Å². The van der Waals surface area contributed by atoms with Gasteiger partial charge in [-0.05, 0) is 51.8 Å². The molecule has 30 heavy (non-hydrogen) atoms. The van der Waals surface area contributed by atoms with Gasteiger partial charge in [-0.3, -0.25) is 14.6 Å². The van der Waals surface area contributed by atoms with Gasteiger partial charge in [-0.25, -0.2) is 0 Å². The van der Waals surface area contributed by atoms with Crippen LogP contribution in [0.25, 0.3) is 11.3 Å². The highest BCUT2D eigenvalue weighted by Crippen LogP contribution is 2.25. The summed E-state index contributed by atoms with van der Waals surface area (Å²) >= 11 is 21.5. The fraction of sp³-hybridized carbons (Fsp3) is 0.0500. The van der Waals surface area contributed by atoms with Crippen molar-refractivity contribution in [3.8, 4) is 11.3 Å². The Kier molecular flexibility index (Phi) is 6.15. The molecule has 10 heteroatoms. The lowest BCUT2D eigenvalue weighted by atomic mass is 10.1. The van der Waals surface area contributed by atoms with Crippen molar-refractivity contribution in [2.24, 2.45) is 0 Å². The quantitative estimate of drug-likeness (QED) is 0.321. The summed E-state index contributed by atoms with van der Waals surface area (Å²) in [6.45, 7) is 0.426. The van der Waals surface area contributed by atoms with Gasteiger partial charge in [0, 0.05) is 26.8 Å². The maximum absolute atomic E-state index is 12.6. The number of anilines is 1. The molecule has 4 rings (SSSR count). The van der Waals surface area contributed by atoms with E-state index in [0.29, 0.717) is 43.3 Å². The Morgan fingerprint density at radius 3 is 2.53 bits per heavy atom. The molecule has 0 atom stereocenters. The summed E-state index contributed by atoms with van der Waals surface area (Å²) < 4.78 is 2.30. The van der Waals surface area contributed by atoms with Crippen LogP contribution < -0.4 is 5.32 Å². The molecule has 0 aliphatic carbocycles. The minimum Gasteiger partial charge on any atom is -0.303 e. The zero-order valence-corrected chi connectivity index (χ0v) is 19.0. The number of carbonyl (C=O) groups excluding carboxylic acids is 1. The highest BCUT2D eigenvalue weighted by atomic mass is 79.9. The molecule has 2 N–H and O–H groups in total. The lowest BCUT2D eigenvalue weighted by Gasteiger charge is -2.05. The Bertz CT molecular complexity index is 1220. The zero-order valence-electron chi connectivity index (χ0n) is 15.2. The first-order chi connectivity index (χ1) is 14.4. The molecule has 0 aliphatic rings. The fourth-order valence-electron chi connectivity index (χ4n) is 2.77. The molecule has 0 radical (unpaired) electrons. The summed E-state index contributed by atoms with van der Waals surface area (Å²) in [5.41, 5.74) is 2.65. The molecule has 0 saturated heterocycles. The molecule has 0 unspecified atom stereocenters. The van der Waals surface area contributed by atoms with Crippen molar-refractivity contribution in [1.29, 1.82) is 0 Å². The number of halogens is 4. The number of hydrogen-bond donors (Lipinski definition) is 2. The van der Waals surface area contributed by atoms with E-state index >= 15 is 0 Å². The average Bonchev–Trinajstić information content (AvgIpc) is 3.32. The van der Waals surface area contributed by atoms with Crippen LogP contribution in [0.3, 0.4) is 0 Å². The Labute approximate surface area is 195 Å². The summed E-state index contributed by atoms with van der Waals surface area (Å²) in [6, 6.07) is 14.1. The maximum atomic E-state index is 12.6. The van der Waals surface area contributed by atoms with Crippen LogP contribution in [0.4, 0.5) is 5.82 Å². The molecule has 4 aromatic rings. The standard InChI is InChI=1S/C20H13BrCl3N5O/c21-15-10-29(9-12-3-6-14(23)7-16(12)24)28-19(15)25-20(30)18-8-17(26-27-18)11-1-4-13(22)5-2-11/h1-8,10H,9H2,(H,26,27)(H,25,28,30). The van der Waals surface area contributed by atoms with Crippen molar-refractivity contribution in [3.63, 3.8) is 0 Å². The minimum atomic E-state index is -0.363. The van der Waals surface area contributed by atoms with Gasteiger partial charge in [0.15, 0.2) is 5.82 Å². The fourth-order valence-corrected chi connectivity index (χ4v) is 3.78. The van der Waals surface area contributed by atoms with E-state index in [1.54, 1.807) is 41.2 Å². The Hall–Kier alpha value is -2.32. The van der Waals surface area contributed by atoms with Crippen molar-refractivity contribution in [1.82, 2.24) is 20.0 Å². The van der Waals surface area contributed by atoms with Gasteiger partial charge in [-0.2, -0.15) is 10.2 Å². The largest absolute Gasteiger partial charge is 0.303 e. The number of rotatable bonds is 5. The van der Waals surface area contributed by atoms with Crippen LogP contribution in [-0.2, 0) is 6.54 Å². The Morgan fingerprint density at radius 2 is 1.80 bits per heavy atom. The number of hydrogen-bond acceptors (Lipinski definition) is 3. The molecule has 0 bridgehead atoms. The lowest BCUT2D eigenvalue weighted by molar-refractivity contribution is 0.102. The van der Waals surface area contributed by atoms with Crippen molar-refractivity contribution < 1.29 is 4.79 Å². The highest BCUT2D eigenvalue weighted by molar-refractivity contribution is 9.10. The van der Waals surface area contributed by atoms with E-state index in [-0.39, 0.29) is 5.91 Å². The molecule has 0 spiro atoms. The van der Waals surface area contributed by atoms with Crippen molar-refractivity contribution in [3.05, 3.63) is 85.5 Å². The van der Waals surface area contributed by atoms with Crippen LogP contribution >= 0.6 is 50.7 Å². The number of aromatic amines is 1. The van der Waals surface area contributed by atoms with Crippen LogP contribution in [0.15, 0.2) is 59.2 Å². The predicted molar refractivity (Wildman–Crippen MR) is 122 cm³/mol. The van der Waals surface area contributed by atoms with Crippen molar-refractivity contribution in [2.75, 3.05) is 5.32 Å². The van der Waals surface area contributed by atoms with Crippen LogP contribution in [-0.4, -0.2) is 25.9 Å². The molecule has 0 saturated carbocycles. The van der Waals surface area contributed by atoms with Gasteiger partial charge in [0.1, 0.15) is 5.69 Å². The second-order valence-corrected chi connectivity index (χ2v) is 8.52. The van der Waals surface area contributed by atoms with Crippen molar-refractivity contribution >= 4 is 62.5 Å². The second kappa shape index (κ2) is 8.81. The second-order valence-electron chi connectivity index (χ2n) is 6.39. The summed E-state index contributed by atoms with van der Waals surface area (Å²) in [7, 11) is 0. The molecule has 2 aromatic carbocycles. The third-order valence-corrected chi connectivity index (χ3v) is 5.68. The zero-order chi connectivity index (χ0) is 21.3. The Morgan fingerprint density at radius 1 is 1.07 bits per heavy atom. The first-order valence-electron chi connectivity index (χ1n) is 8.68. The van der Waals surface area contributed by atoms with Gasteiger partial charge in [-0.1, -0.05) is 53.0 Å². The molecule has 6 nitrogen and oxygen atoms in total. The number of H-pyrrole nitrogens is 1. The molecule has 0 aliphatic heterocycles. The smallest absolute Gasteiger partial charge is 0.274 e. The van der Waals surface area contributed by atoms with Crippen LogP contribution in [0, 0.1) is 0 Å². The van der Waals surface area contributed by atoms with Gasteiger partial charge in [0.25, 0.3) is 5.91 Å². The van der Waals surface area contributed by atoms with E-state index in [1.165, 1.54) is 0 Å². The number of carbonyl (C=O) groups is 1. The average molecular weight is 526 g/mol. The molecule has 0 fully saturated rings. The van der Waals surface area contributed by atoms with E-state index in [1.807, 2.05) is 18.2 Å². The van der Waals surface area contributed by atoms with E-state index in [4.69, 9.17) is 34.8 Å². The monoisotopic (exact) mass is 523 g/mol. The van der Waals surface area contributed by atoms with E-state index in [9.17, 15) is 4.79 Å². The number of aromatic nitrogens is 4. The third-order valence-electron chi connectivity index (χ3n) is 4.26. The van der Waals surface area contributed by atoms with Crippen LogP contribution in [0.1, 0.15) is 16.1 Å². The molecule has 1 amide bonds. The van der Waals surface area contributed by atoms with Gasteiger partial charge in [-0.15, -0.1) is 0 Å². The highest BCUT2D eigenvalue weighted by Gasteiger charge is 2.15. The molecular formula is C20H13BrCl3N5O. The summed E-state index contributed by atoms with van der Waals surface area (Å²) in [5, 5.41) is 15.8.